The summed E-state index contributed by atoms with van der Waals surface area (Å²) in [6.07, 6.45) is 3.96. The summed E-state index contributed by atoms with van der Waals surface area (Å²) in [5.41, 5.74) is 1.59. The van der Waals surface area contributed by atoms with Crippen molar-refractivity contribution in [3.8, 4) is 5.75 Å². The molecule has 0 aromatic heterocycles. The number of nitrogens with one attached hydrogen (secondary N) is 1. The summed E-state index contributed by atoms with van der Waals surface area (Å²) in [6.45, 7) is -0.666. The van der Waals surface area contributed by atoms with Gasteiger partial charge in [-0.2, -0.15) is 0 Å². The minimum Gasteiger partial charge on any atom is -0.495 e. The second kappa shape index (κ2) is 15.7. The van der Waals surface area contributed by atoms with Gasteiger partial charge in [0.05, 0.1) is 17.7 Å². The first-order valence-corrected chi connectivity index (χ1v) is 17.7. The van der Waals surface area contributed by atoms with Gasteiger partial charge in [-0.3, -0.25) is 13.9 Å². The van der Waals surface area contributed by atoms with E-state index in [1.165, 1.54) is 24.1 Å². The molecule has 47 heavy (non-hydrogen) atoms. The molecule has 1 N–H and O–H groups in total. The van der Waals surface area contributed by atoms with Crippen LogP contribution in [0.1, 0.15) is 36.8 Å². The molecule has 246 valence electrons. The summed E-state index contributed by atoms with van der Waals surface area (Å²) in [6, 6.07) is 27.9. The first kappa shape index (κ1) is 34.3. The van der Waals surface area contributed by atoms with E-state index >= 15 is 0 Å². The zero-order valence-electron chi connectivity index (χ0n) is 26.0. The third kappa shape index (κ3) is 8.46. The number of anilines is 1. The van der Waals surface area contributed by atoms with Crippen LogP contribution in [0.5, 0.6) is 5.75 Å². The van der Waals surface area contributed by atoms with E-state index in [1.807, 2.05) is 30.3 Å². The molecule has 1 fully saturated rings. The SMILES string of the molecule is COc1ccccc1N(CC(=O)N(Cc1ccc(Cl)cc1Cl)[C@H](Cc1ccccc1)C(=O)NC1CCCC1)S(=O)(=O)c1ccccc1. The average Bonchev–Trinajstić information content (AvgIpc) is 3.59. The van der Waals surface area contributed by atoms with Crippen molar-refractivity contribution in [3.05, 3.63) is 124 Å². The van der Waals surface area contributed by atoms with Crippen LogP contribution in [-0.4, -0.2) is 50.9 Å². The Morgan fingerprint density at radius 1 is 0.894 bits per heavy atom. The maximum absolute atomic E-state index is 14.7. The number of hydrogen-bond acceptors (Lipinski definition) is 5. The zero-order chi connectivity index (χ0) is 33.4. The topological polar surface area (TPSA) is 96.0 Å². The van der Waals surface area contributed by atoms with Gasteiger partial charge < -0.3 is 15.0 Å². The molecule has 1 aliphatic carbocycles. The fraction of sp³-hybridized carbons (Fsp3) is 0.278. The Balaban J connectivity index is 1.60. The normalized spacial score (nSPS) is 13.9. The van der Waals surface area contributed by atoms with Crippen molar-refractivity contribution in [2.75, 3.05) is 18.0 Å². The van der Waals surface area contributed by atoms with Crippen LogP contribution in [0.25, 0.3) is 0 Å². The van der Waals surface area contributed by atoms with Crippen LogP contribution in [0.3, 0.4) is 0 Å². The lowest BCUT2D eigenvalue weighted by atomic mass is 10.0. The van der Waals surface area contributed by atoms with Crippen LogP contribution in [0, 0.1) is 0 Å². The fourth-order valence-corrected chi connectivity index (χ4v) is 7.74. The van der Waals surface area contributed by atoms with Crippen molar-refractivity contribution in [1.82, 2.24) is 10.2 Å². The molecule has 0 bridgehead atoms. The first-order valence-electron chi connectivity index (χ1n) is 15.5. The number of hydrogen-bond donors (Lipinski definition) is 1. The molecular weight excluding hydrogens is 657 g/mol. The second-order valence-corrected chi connectivity index (χ2v) is 14.2. The number of carbonyl (C=O) groups is 2. The number of ether oxygens (including phenoxy) is 1. The van der Waals surface area contributed by atoms with Gasteiger partial charge in [-0.15, -0.1) is 0 Å². The van der Waals surface area contributed by atoms with E-state index < -0.39 is 28.5 Å². The van der Waals surface area contributed by atoms with Crippen molar-refractivity contribution in [1.29, 1.82) is 0 Å². The molecular formula is C36H37Cl2N3O5S. The molecule has 4 aromatic carbocycles. The van der Waals surface area contributed by atoms with Gasteiger partial charge in [0.1, 0.15) is 18.3 Å². The van der Waals surface area contributed by atoms with E-state index in [2.05, 4.69) is 5.32 Å². The van der Waals surface area contributed by atoms with Crippen molar-refractivity contribution >= 4 is 50.7 Å². The average molecular weight is 695 g/mol. The van der Waals surface area contributed by atoms with E-state index in [0.29, 0.717) is 15.6 Å². The fourth-order valence-electron chi connectivity index (χ4n) is 5.82. The second-order valence-electron chi connectivity index (χ2n) is 11.4. The van der Waals surface area contributed by atoms with Crippen LogP contribution in [-0.2, 0) is 32.6 Å². The molecule has 11 heteroatoms. The van der Waals surface area contributed by atoms with Gasteiger partial charge in [0.2, 0.25) is 11.8 Å². The van der Waals surface area contributed by atoms with Gasteiger partial charge in [-0.1, -0.05) is 103 Å². The Kier molecular flexibility index (Phi) is 11.4. The first-order chi connectivity index (χ1) is 22.7. The molecule has 1 aliphatic rings. The Labute approximate surface area is 286 Å². The lowest BCUT2D eigenvalue weighted by Gasteiger charge is -2.34. The van der Waals surface area contributed by atoms with Crippen LogP contribution >= 0.6 is 23.2 Å². The van der Waals surface area contributed by atoms with Crippen LogP contribution in [0.2, 0.25) is 10.0 Å². The van der Waals surface area contributed by atoms with Crippen molar-refractivity contribution in [3.63, 3.8) is 0 Å². The summed E-state index contributed by atoms with van der Waals surface area (Å²) in [5, 5.41) is 3.91. The smallest absolute Gasteiger partial charge is 0.264 e. The highest BCUT2D eigenvalue weighted by atomic mass is 35.5. The molecule has 0 spiro atoms. The van der Waals surface area contributed by atoms with E-state index in [4.69, 9.17) is 27.9 Å². The predicted octanol–water partition coefficient (Wildman–Crippen LogP) is 6.90. The predicted molar refractivity (Wildman–Crippen MR) is 185 cm³/mol. The van der Waals surface area contributed by atoms with E-state index in [-0.39, 0.29) is 41.2 Å². The van der Waals surface area contributed by atoms with E-state index in [9.17, 15) is 18.0 Å². The Bertz CT molecular complexity index is 1790. The van der Waals surface area contributed by atoms with Gasteiger partial charge in [-0.25, -0.2) is 8.42 Å². The van der Waals surface area contributed by atoms with Crippen LogP contribution in [0.15, 0.2) is 108 Å². The van der Waals surface area contributed by atoms with Crippen LogP contribution < -0.4 is 14.4 Å². The molecule has 4 aromatic rings. The highest BCUT2D eigenvalue weighted by molar-refractivity contribution is 7.92. The van der Waals surface area contributed by atoms with Gasteiger partial charge in [0, 0.05) is 29.1 Å². The molecule has 1 atom stereocenters. The Morgan fingerprint density at radius 3 is 2.19 bits per heavy atom. The molecule has 8 nitrogen and oxygen atoms in total. The molecule has 0 aliphatic heterocycles. The number of nitrogens with zero attached hydrogens (tertiary/aromatic N) is 2. The van der Waals surface area contributed by atoms with Crippen LogP contribution in [0.4, 0.5) is 5.69 Å². The summed E-state index contributed by atoms with van der Waals surface area (Å²) < 4.78 is 35.0. The minimum absolute atomic E-state index is 0.000354. The van der Waals surface area contributed by atoms with Crippen molar-refractivity contribution < 1.29 is 22.7 Å². The van der Waals surface area contributed by atoms with Crippen molar-refractivity contribution in [2.24, 2.45) is 0 Å². The van der Waals surface area contributed by atoms with Gasteiger partial charge in [-0.05, 0) is 60.4 Å². The number of methoxy groups -OCH3 is 1. The minimum atomic E-state index is -4.26. The highest BCUT2D eigenvalue weighted by Gasteiger charge is 2.36. The Hall–Kier alpha value is -4.05. The lowest BCUT2D eigenvalue weighted by molar-refractivity contribution is -0.140. The van der Waals surface area contributed by atoms with E-state index in [1.54, 1.807) is 60.7 Å². The summed E-state index contributed by atoms with van der Waals surface area (Å²) >= 11 is 12.8. The molecule has 0 radical (unpaired) electrons. The highest BCUT2D eigenvalue weighted by Crippen LogP contribution is 2.33. The van der Waals surface area contributed by atoms with Gasteiger partial charge in [0.15, 0.2) is 0 Å². The quantitative estimate of drug-likeness (QED) is 0.164. The summed E-state index contributed by atoms with van der Waals surface area (Å²) in [4.78, 5) is 30.3. The molecule has 0 unspecified atom stereocenters. The zero-order valence-corrected chi connectivity index (χ0v) is 28.3. The molecule has 2 amide bonds. The third-order valence-electron chi connectivity index (χ3n) is 8.29. The number of rotatable bonds is 13. The monoisotopic (exact) mass is 693 g/mol. The third-order valence-corrected chi connectivity index (χ3v) is 10.7. The van der Waals surface area contributed by atoms with Crippen molar-refractivity contribution in [2.45, 2.75) is 55.6 Å². The number of sulfonamides is 1. The number of carbonyl (C=O) groups excluding carboxylic acids is 2. The Morgan fingerprint density at radius 2 is 1.53 bits per heavy atom. The molecule has 1 saturated carbocycles. The van der Waals surface area contributed by atoms with Gasteiger partial charge >= 0.3 is 0 Å². The number of para-hydroxylation sites is 2. The molecule has 0 saturated heterocycles. The number of amides is 2. The summed E-state index contributed by atoms with van der Waals surface area (Å²) in [7, 11) is -2.83. The number of halogens is 2. The standard InChI is InChI=1S/C36H37Cl2N3O5S/c1-46-34-19-11-10-18-32(34)41(47(44,45)30-16-6-3-7-17-30)25-35(42)40(24-27-20-21-28(37)23-31(27)38)33(22-26-12-4-2-5-13-26)36(43)39-29-14-8-9-15-29/h2-7,10-13,16-21,23,29,33H,8-9,14-15,22,24-25H2,1H3,(H,39,43)/t33-/m1/s1. The number of benzene rings is 4. The maximum Gasteiger partial charge on any atom is 0.264 e. The lowest BCUT2D eigenvalue weighted by Crippen LogP contribution is -2.54. The summed E-state index contributed by atoms with van der Waals surface area (Å²) in [5.74, 6) is -0.634. The molecule has 5 rings (SSSR count). The maximum atomic E-state index is 14.7. The largest absolute Gasteiger partial charge is 0.495 e. The van der Waals surface area contributed by atoms with Gasteiger partial charge in [0.25, 0.3) is 10.0 Å². The van der Waals surface area contributed by atoms with E-state index in [0.717, 1.165) is 35.6 Å². The molecule has 0 heterocycles.